The number of aromatic amines is 1. The Morgan fingerprint density at radius 1 is 1.21 bits per heavy atom. The molecule has 16 heteroatoms. The Hall–Kier alpha value is -4.50. The van der Waals surface area contributed by atoms with Crippen molar-refractivity contribution in [1.29, 1.82) is 0 Å². The van der Waals surface area contributed by atoms with Gasteiger partial charge in [0.05, 0.1) is 0 Å². The van der Waals surface area contributed by atoms with Gasteiger partial charge in [0, 0.05) is 30.1 Å². The number of carbonyl (C=O) groups is 5. The molecular formula is C26H25ClN4O10S. The highest BCUT2D eigenvalue weighted by molar-refractivity contribution is 8.00. The van der Waals surface area contributed by atoms with E-state index in [1.165, 1.54) is 49.1 Å². The predicted molar refractivity (Wildman–Crippen MR) is 148 cm³/mol. The van der Waals surface area contributed by atoms with Gasteiger partial charge < -0.3 is 35.3 Å². The number of amides is 3. The minimum atomic E-state index is -1.39. The Morgan fingerprint density at radius 3 is 2.55 bits per heavy atom. The zero-order chi connectivity index (χ0) is 30.7. The first-order valence-electron chi connectivity index (χ1n) is 12.3. The number of nitrogens with zero attached hydrogens (tertiary/aromatic N) is 1. The van der Waals surface area contributed by atoms with Crippen molar-refractivity contribution in [2.45, 2.75) is 31.3 Å². The number of aliphatic carboxylic acids is 1. The van der Waals surface area contributed by atoms with Crippen LogP contribution >= 0.6 is 23.4 Å². The molecule has 2 aliphatic rings. The summed E-state index contributed by atoms with van der Waals surface area (Å²) in [6.07, 6.45) is 1.24. The first kappa shape index (κ1) is 30.5. The summed E-state index contributed by atoms with van der Waals surface area (Å²) >= 11 is 7.10. The van der Waals surface area contributed by atoms with Crippen molar-refractivity contribution in [2.75, 3.05) is 19.0 Å². The van der Waals surface area contributed by atoms with Crippen LogP contribution < -0.4 is 20.8 Å². The third-order valence-electron chi connectivity index (χ3n) is 6.32. The number of hydrogen-bond donors (Lipinski definition) is 5. The van der Waals surface area contributed by atoms with Crippen LogP contribution in [0.1, 0.15) is 24.2 Å². The molecule has 2 aromatic rings. The Kier molecular flexibility index (Phi) is 9.11. The molecule has 0 bridgehead atoms. The topological polar surface area (TPSA) is 204 Å². The van der Waals surface area contributed by atoms with Crippen molar-refractivity contribution in [1.82, 2.24) is 20.5 Å². The van der Waals surface area contributed by atoms with Crippen molar-refractivity contribution in [3.63, 3.8) is 0 Å². The number of rotatable bonds is 10. The van der Waals surface area contributed by atoms with Crippen molar-refractivity contribution in [3.8, 4) is 11.5 Å². The molecule has 1 fully saturated rings. The summed E-state index contributed by atoms with van der Waals surface area (Å²) in [6.45, 7) is 1.80. The minimum absolute atomic E-state index is 0.0935. The Balaban J connectivity index is 1.48. The summed E-state index contributed by atoms with van der Waals surface area (Å²) in [7, 11) is 0. The SMILES string of the molecule is CC(=O)OCC1=C(C(=O)O)N2C(=O)C(NC(=O)[C@H](NC(=O)COc3c[nH]c(C)c(Cl)c3=O)c3ccc(O)cc3)[C@H]2SC1. The lowest BCUT2D eigenvalue weighted by Gasteiger charge is -2.49. The molecule has 3 heterocycles. The third-order valence-corrected chi connectivity index (χ3v) is 8.12. The predicted octanol–water partition coefficient (Wildman–Crippen LogP) is 0.580. The fourth-order valence-electron chi connectivity index (χ4n) is 4.22. The number of hydrogen-bond acceptors (Lipinski definition) is 10. The number of H-pyrrole nitrogens is 1. The summed E-state index contributed by atoms with van der Waals surface area (Å²) < 4.78 is 10.2. The van der Waals surface area contributed by atoms with Crippen LogP contribution in [0.15, 0.2) is 46.5 Å². The van der Waals surface area contributed by atoms with Crippen LogP contribution in [0.5, 0.6) is 11.5 Å². The average Bonchev–Trinajstić information content (AvgIpc) is 2.95. The van der Waals surface area contributed by atoms with Gasteiger partial charge in [-0.1, -0.05) is 23.7 Å². The summed E-state index contributed by atoms with van der Waals surface area (Å²) in [5.41, 5.74) is -0.0430. The Bertz CT molecular complexity index is 1540. The number of thioether (sulfide) groups is 1. The fourth-order valence-corrected chi connectivity index (χ4v) is 5.70. The maximum atomic E-state index is 13.4. The van der Waals surface area contributed by atoms with Crippen molar-refractivity contribution in [3.05, 3.63) is 68.2 Å². The first-order chi connectivity index (χ1) is 19.9. The van der Waals surface area contributed by atoms with Gasteiger partial charge in [0.2, 0.25) is 11.3 Å². The highest BCUT2D eigenvalue weighted by Gasteiger charge is 2.54. The number of phenolic OH excluding ortho intramolecular Hbond substituents is 1. The third kappa shape index (κ3) is 6.36. The van der Waals surface area contributed by atoms with Gasteiger partial charge in [-0.15, -0.1) is 11.8 Å². The number of halogens is 1. The van der Waals surface area contributed by atoms with E-state index in [0.29, 0.717) is 5.69 Å². The fraction of sp³-hybridized carbons (Fsp3) is 0.308. The maximum absolute atomic E-state index is 13.4. The average molecular weight is 621 g/mol. The van der Waals surface area contributed by atoms with E-state index in [9.17, 15) is 39.0 Å². The number of aryl methyl sites for hydroxylation is 1. The van der Waals surface area contributed by atoms with Gasteiger partial charge in [-0.05, 0) is 24.6 Å². The number of ether oxygens (including phenoxy) is 2. The molecule has 0 radical (unpaired) electrons. The number of carbonyl (C=O) groups excluding carboxylic acids is 4. The lowest BCUT2D eigenvalue weighted by Crippen LogP contribution is -2.71. The molecule has 1 unspecified atom stereocenters. The number of esters is 1. The van der Waals surface area contributed by atoms with E-state index in [2.05, 4.69) is 15.6 Å². The highest BCUT2D eigenvalue weighted by atomic mass is 35.5. The molecule has 4 rings (SSSR count). The van der Waals surface area contributed by atoms with Crippen LogP contribution in [0.4, 0.5) is 0 Å². The van der Waals surface area contributed by atoms with Crippen LogP contribution in [0, 0.1) is 6.92 Å². The second-order valence-electron chi connectivity index (χ2n) is 9.24. The summed E-state index contributed by atoms with van der Waals surface area (Å²) in [4.78, 5) is 78.3. The number of aromatic hydroxyl groups is 1. The smallest absolute Gasteiger partial charge is 0.352 e. The molecule has 0 aliphatic carbocycles. The highest BCUT2D eigenvalue weighted by Crippen LogP contribution is 2.40. The van der Waals surface area contributed by atoms with E-state index >= 15 is 0 Å². The zero-order valence-corrected chi connectivity index (χ0v) is 23.7. The monoisotopic (exact) mass is 620 g/mol. The first-order valence-corrected chi connectivity index (χ1v) is 13.7. The van der Waals surface area contributed by atoms with Gasteiger partial charge in [0.1, 0.15) is 40.5 Å². The maximum Gasteiger partial charge on any atom is 0.352 e. The molecule has 1 saturated heterocycles. The molecule has 3 amide bonds. The van der Waals surface area contributed by atoms with Gasteiger partial charge in [-0.2, -0.15) is 0 Å². The lowest BCUT2D eigenvalue weighted by molar-refractivity contribution is -0.151. The number of carboxylic acids is 1. The van der Waals surface area contributed by atoms with Crippen LogP contribution in [-0.2, 0) is 28.7 Å². The number of phenols is 1. The van der Waals surface area contributed by atoms with Crippen molar-refractivity contribution < 1.29 is 43.7 Å². The van der Waals surface area contributed by atoms with Crippen molar-refractivity contribution >= 4 is 53.0 Å². The second-order valence-corrected chi connectivity index (χ2v) is 10.7. The van der Waals surface area contributed by atoms with Gasteiger partial charge >= 0.3 is 11.9 Å². The second kappa shape index (κ2) is 12.6. The van der Waals surface area contributed by atoms with Gasteiger partial charge in [0.25, 0.3) is 11.8 Å². The molecule has 1 aromatic heterocycles. The van der Waals surface area contributed by atoms with Gasteiger partial charge in [-0.25, -0.2) is 4.79 Å². The number of nitrogens with one attached hydrogen (secondary N) is 3. The van der Waals surface area contributed by atoms with Gasteiger partial charge in [0.15, 0.2) is 12.4 Å². The molecule has 2 aliphatic heterocycles. The number of carboxylic acid groups (broad SMARTS) is 1. The number of fused-ring (bicyclic) bond motifs is 1. The minimum Gasteiger partial charge on any atom is -0.508 e. The number of pyridine rings is 1. The normalized spacial score (nSPS) is 18.4. The number of aromatic nitrogens is 1. The zero-order valence-electron chi connectivity index (χ0n) is 22.1. The number of β-lactam (4-membered cyclic amide) rings is 1. The van der Waals surface area contributed by atoms with Crippen LogP contribution in [0.2, 0.25) is 5.02 Å². The molecule has 14 nitrogen and oxygen atoms in total. The van der Waals surface area contributed by atoms with Crippen LogP contribution in [-0.4, -0.2) is 80.1 Å². The summed E-state index contributed by atoms with van der Waals surface area (Å²) in [5, 5.41) is 23.6. The lowest BCUT2D eigenvalue weighted by atomic mass is 10.0. The standard InChI is InChI=1S/C26H25ClN4O10S/c1-11-18(27)22(35)16(7-28-11)41-9-17(34)29-19(13-3-5-15(33)6-4-13)23(36)30-20-24(37)31-21(26(38)39)14(8-40-12(2)32)10-42-25(20)31/h3-7,19-20,25,33H,8-10H2,1-2H3,(H,28,35)(H,29,34)(H,30,36)(H,38,39)/t19-,20?,25-/m1/s1. The Morgan fingerprint density at radius 2 is 1.90 bits per heavy atom. The molecule has 3 atom stereocenters. The van der Waals surface area contributed by atoms with Crippen LogP contribution in [0.3, 0.4) is 0 Å². The molecule has 0 spiro atoms. The van der Waals surface area contributed by atoms with E-state index in [1.54, 1.807) is 6.92 Å². The van der Waals surface area contributed by atoms with Crippen molar-refractivity contribution in [2.24, 2.45) is 0 Å². The largest absolute Gasteiger partial charge is 0.508 e. The number of benzene rings is 1. The summed E-state index contributed by atoms with van der Waals surface area (Å²) in [5.74, 6) is -4.46. The van der Waals surface area contributed by atoms with Crippen LogP contribution in [0.25, 0.3) is 0 Å². The van der Waals surface area contributed by atoms with E-state index in [1.807, 2.05) is 0 Å². The Labute approximate surface area is 247 Å². The molecule has 42 heavy (non-hydrogen) atoms. The van der Waals surface area contributed by atoms with E-state index in [0.717, 1.165) is 4.90 Å². The molecule has 222 valence electrons. The summed E-state index contributed by atoms with van der Waals surface area (Å²) in [6, 6.07) is 2.91. The van der Waals surface area contributed by atoms with E-state index in [4.69, 9.17) is 21.1 Å². The molecular weight excluding hydrogens is 596 g/mol. The van der Waals surface area contributed by atoms with E-state index in [-0.39, 0.29) is 45.7 Å². The van der Waals surface area contributed by atoms with E-state index < -0.39 is 59.2 Å². The molecule has 0 saturated carbocycles. The molecule has 5 N–H and O–H groups in total. The molecule has 1 aromatic carbocycles. The van der Waals surface area contributed by atoms with Gasteiger partial charge in [-0.3, -0.25) is 28.9 Å². The quantitative estimate of drug-likeness (QED) is 0.183.